The minimum atomic E-state index is 0.641. The lowest BCUT2D eigenvalue weighted by Gasteiger charge is -2.25. The van der Waals surface area contributed by atoms with Crippen molar-refractivity contribution in [3.05, 3.63) is 17.9 Å². The molecule has 0 spiro atoms. The maximum Gasteiger partial charge on any atom is 0.0355 e. The van der Waals surface area contributed by atoms with Crippen LogP contribution in [0.15, 0.2) is 17.9 Å². The second-order valence-electron chi connectivity index (χ2n) is 5.43. The average molecular weight is 235 g/mol. The molecule has 17 heavy (non-hydrogen) atoms. The molecule has 0 aromatic heterocycles. The van der Waals surface area contributed by atoms with E-state index < -0.39 is 0 Å². The number of hydrogen-bond acceptors (Lipinski definition) is 1. The van der Waals surface area contributed by atoms with Gasteiger partial charge in [-0.1, -0.05) is 26.2 Å². The molecule has 0 saturated carbocycles. The number of nitrogens with zero attached hydrogens (tertiary/aromatic N) is 1. The molecule has 1 heterocycles. The van der Waals surface area contributed by atoms with Gasteiger partial charge in [-0.25, -0.2) is 0 Å². The lowest BCUT2D eigenvalue weighted by molar-refractivity contribution is 0.234. The lowest BCUT2D eigenvalue weighted by Crippen LogP contribution is -2.33. The van der Waals surface area contributed by atoms with E-state index in [1.165, 1.54) is 51.5 Å². The van der Waals surface area contributed by atoms with Crippen LogP contribution in [-0.2, 0) is 0 Å². The van der Waals surface area contributed by atoms with Gasteiger partial charge in [-0.15, -0.1) is 5.73 Å². The predicted molar refractivity (Wildman–Crippen MR) is 76.3 cm³/mol. The highest BCUT2D eigenvalue weighted by molar-refractivity contribution is 4.98. The molecule has 0 aliphatic carbocycles. The molecular weight excluding hydrogens is 206 g/mol. The van der Waals surface area contributed by atoms with Gasteiger partial charge in [0.1, 0.15) is 0 Å². The molecule has 1 aliphatic rings. The van der Waals surface area contributed by atoms with E-state index in [4.69, 9.17) is 0 Å². The van der Waals surface area contributed by atoms with Crippen molar-refractivity contribution in [3.63, 3.8) is 0 Å². The van der Waals surface area contributed by atoms with E-state index in [0.717, 1.165) is 0 Å². The van der Waals surface area contributed by atoms with Crippen molar-refractivity contribution in [1.29, 1.82) is 0 Å². The molecule has 0 N–H and O–H groups in total. The Balaban J connectivity index is 2.24. The van der Waals surface area contributed by atoms with Crippen molar-refractivity contribution in [2.24, 2.45) is 0 Å². The van der Waals surface area contributed by atoms with Crippen LogP contribution in [0, 0.1) is 0 Å². The maximum atomic E-state index is 3.40. The molecule has 1 nitrogen and oxygen atoms in total. The van der Waals surface area contributed by atoms with E-state index in [0.29, 0.717) is 12.1 Å². The fraction of sp³-hybridized carbons (Fsp3) is 0.812. The van der Waals surface area contributed by atoms with Crippen molar-refractivity contribution in [1.82, 2.24) is 4.90 Å². The summed E-state index contributed by atoms with van der Waals surface area (Å²) >= 11 is 0. The molecular formula is C16H29N. The Morgan fingerprint density at radius 1 is 1.29 bits per heavy atom. The second-order valence-corrected chi connectivity index (χ2v) is 5.43. The molecule has 0 radical (unpaired) electrons. The van der Waals surface area contributed by atoms with Crippen molar-refractivity contribution in [3.8, 4) is 0 Å². The molecule has 1 saturated heterocycles. The summed E-state index contributed by atoms with van der Waals surface area (Å²) in [6.45, 7) is 8.11. The third-order valence-corrected chi connectivity index (χ3v) is 3.61. The minimum Gasteiger partial charge on any atom is -0.294 e. The van der Waals surface area contributed by atoms with E-state index in [2.05, 4.69) is 43.6 Å². The summed E-state index contributed by atoms with van der Waals surface area (Å²) in [4.78, 5) is 2.58. The van der Waals surface area contributed by atoms with Crippen molar-refractivity contribution < 1.29 is 0 Å². The van der Waals surface area contributed by atoms with Crippen LogP contribution in [0.3, 0.4) is 0 Å². The fourth-order valence-electron chi connectivity index (χ4n) is 2.57. The summed E-state index contributed by atoms with van der Waals surface area (Å²) in [7, 11) is 0. The topological polar surface area (TPSA) is 3.24 Å². The van der Waals surface area contributed by atoms with E-state index in [1.54, 1.807) is 0 Å². The summed E-state index contributed by atoms with van der Waals surface area (Å²) in [5.41, 5.74) is 3.40. The minimum absolute atomic E-state index is 0.641. The average Bonchev–Trinajstić information content (AvgIpc) is 2.76. The summed E-state index contributed by atoms with van der Waals surface area (Å²) < 4.78 is 0. The van der Waals surface area contributed by atoms with Gasteiger partial charge in [-0.2, -0.15) is 0 Å². The molecule has 0 aromatic carbocycles. The highest BCUT2D eigenvalue weighted by Crippen LogP contribution is 2.20. The standard InChI is InChI=1S/C16H29N/c1-4-5-6-7-8-9-10-12-16-13-11-14-17(16)15(2)3/h9,12,15-16H,4-8,11,13-14H2,1-3H3. The molecule has 0 bridgehead atoms. The van der Waals surface area contributed by atoms with Crippen LogP contribution in [0.5, 0.6) is 0 Å². The Morgan fingerprint density at radius 3 is 2.82 bits per heavy atom. The van der Waals surface area contributed by atoms with Gasteiger partial charge in [0.2, 0.25) is 0 Å². The van der Waals surface area contributed by atoms with Crippen LogP contribution in [-0.4, -0.2) is 23.5 Å². The first-order chi connectivity index (χ1) is 8.25. The molecule has 1 fully saturated rings. The first kappa shape index (κ1) is 14.5. The smallest absolute Gasteiger partial charge is 0.0355 e. The molecule has 1 rings (SSSR count). The second kappa shape index (κ2) is 8.55. The number of hydrogen-bond donors (Lipinski definition) is 0. The molecule has 0 aromatic rings. The summed E-state index contributed by atoms with van der Waals surface area (Å²) in [6.07, 6.45) is 13.8. The van der Waals surface area contributed by atoms with Crippen LogP contribution >= 0.6 is 0 Å². The van der Waals surface area contributed by atoms with Crippen molar-refractivity contribution in [2.75, 3.05) is 6.54 Å². The number of likely N-dealkylation sites (tertiary alicyclic amines) is 1. The zero-order valence-electron chi connectivity index (χ0n) is 11.9. The highest BCUT2D eigenvalue weighted by atomic mass is 15.2. The quantitative estimate of drug-likeness (QED) is 0.462. The first-order valence-electron chi connectivity index (χ1n) is 7.42. The van der Waals surface area contributed by atoms with E-state index in [9.17, 15) is 0 Å². The largest absolute Gasteiger partial charge is 0.294 e. The third-order valence-electron chi connectivity index (χ3n) is 3.61. The molecule has 1 heteroatoms. The highest BCUT2D eigenvalue weighted by Gasteiger charge is 2.23. The van der Waals surface area contributed by atoms with Gasteiger partial charge >= 0.3 is 0 Å². The summed E-state index contributed by atoms with van der Waals surface area (Å²) in [6, 6.07) is 1.31. The Morgan fingerprint density at radius 2 is 2.12 bits per heavy atom. The lowest BCUT2D eigenvalue weighted by atomic mass is 10.1. The van der Waals surface area contributed by atoms with Crippen molar-refractivity contribution >= 4 is 0 Å². The molecule has 98 valence electrons. The van der Waals surface area contributed by atoms with Gasteiger partial charge in [0.25, 0.3) is 0 Å². The van der Waals surface area contributed by atoms with Crippen molar-refractivity contribution in [2.45, 2.75) is 77.8 Å². The zero-order valence-corrected chi connectivity index (χ0v) is 11.9. The molecule has 1 aliphatic heterocycles. The van der Waals surface area contributed by atoms with Gasteiger partial charge in [-0.05, 0) is 58.2 Å². The summed E-state index contributed by atoms with van der Waals surface area (Å²) in [5.74, 6) is 0. The monoisotopic (exact) mass is 235 g/mol. The predicted octanol–water partition coefficient (Wildman–Crippen LogP) is 4.54. The normalized spacial score (nSPS) is 20.6. The third kappa shape index (κ3) is 5.57. The van der Waals surface area contributed by atoms with Gasteiger partial charge in [0.15, 0.2) is 0 Å². The first-order valence-corrected chi connectivity index (χ1v) is 7.42. The van der Waals surface area contributed by atoms with E-state index >= 15 is 0 Å². The SMILES string of the molecule is CCCCCCC=C=CC1CCCN1C(C)C. The molecule has 0 amide bonds. The van der Waals surface area contributed by atoms with Gasteiger partial charge in [0.05, 0.1) is 0 Å². The Kier molecular flexibility index (Phi) is 7.32. The van der Waals surface area contributed by atoms with Crippen LogP contribution in [0.1, 0.15) is 65.7 Å². The van der Waals surface area contributed by atoms with Gasteiger partial charge in [0, 0.05) is 12.1 Å². The van der Waals surface area contributed by atoms with E-state index in [-0.39, 0.29) is 0 Å². The van der Waals surface area contributed by atoms with Crippen LogP contribution < -0.4 is 0 Å². The fourth-order valence-corrected chi connectivity index (χ4v) is 2.57. The van der Waals surface area contributed by atoms with Gasteiger partial charge in [-0.3, -0.25) is 4.90 Å². The Hall–Kier alpha value is -0.520. The zero-order chi connectivity index (χ0) is 12.5. The van der Waals surface area contributed by atoms with E-state index in [1.807, 2.05) is 0 Å². The van der Waals surface area contributed by atoms with Gasteiger partial charge < -0.3 is 0 Å². The van der Waals surface area contributed by atoms with Crippen LogP contribution in [0.25, 0.3) is 0 Å². The number of rotatable bonds is 7. The number of unbranched alkanes of at least 4 members (excludes halogenated alkanes) is 4. The molecule has 1 atom stereocenters. The Bertz CT molecular complexity index is 248. The summed E-state index contributed by atoms with van der Waals surface area (Å²) in [5, 5.41) is 0. The van der Waals surface area contributed by atoms with Crippen LogP contribution in [0.2, 0.25) is 0 Å². The van der Waals surface area contributed by atoms with Crippen LogP contribution in [0.4, 0.5) is 0 Å². The Labute approximate surface area is 108 Å². The molecule has 1 unspecified atom stereocenters. The maximum absolute atomic E-state index is 3.40.